The molecule has 0 saturated heterocycles. The molecule has 0 aliphatic heterocycles. The molecule has 0 N–H and O–H groups in total. The summed E-state index contributed by atoms with van der Waals surface area (Å²) in [6.45, 7) is 0. The van der Waals surface area contributed by atoms with E-state index in [-0.39, 0.29) is 0 Å². The highest BCUT2D eigenvalue weighted by molar-refractivity contribution is 7.26. The van der Waals surface area contributed by atoms with Crippen molar-refractivity contribution >= 4 is 91.3 Å². The maximum atomic E-state index is 5.62. The van der Waals surface area contributed by atoms with Crippen LogP contribution in [-0.4, -0.2) is 9.38 Å². The van der Waals surface area contributed by atoms with E-state index >= 15 is 0 Å². The molecule has 0 amide bonds. The quantitative estimate of drug-likeness (QED) is 0.152. The van der Waals surface area contributed by atoms with E-state index in [1.807, 2.05) is 11.3 Å². The number of thiophene rings is 1. The number of imidazole rings is 1. The Morgan fingerprint density at radius 3 is 1.57 bits per heavy atom. The molecule has 3 aromatic heterocycles. The summed E-state index contributed by atoms with van der Waals surface area (Å²) in [5, 5.41) is 12.4. The molecule has 0 bridgehead atoms. The van der Waals surface area contributed by atoms with Gasteiger partial charge >= 0.3 is 0 Å². The Morgan fingerprint density at radius 2 is 0.873 bits per heavy atom. The summed E-state index contributed by atoms with van der Waals surface area (Å²) in [6, 6.07) is 104. The zero-order valence-corrected chi connectivity index (χ0v) is 43.7. The second-order valence-corrected chi connectivity index (χ2v) is 22.3. The van der Waals surface area contributed by atoms with Gasteiger partial charge in [0.15, 0.2) is 5.65 Å². The minimum absolute atomic E-state index is 0.485. The Bertz CT molecular complexity index is 5130. The largest absolute Gasteiger partial charge is 0.291 e. The van der Waals surface area contributed by atoms with Gasteiger partial charge in [-0.25, -0.2) is 4.98 Å². The fourth-order valence-electron chi connectivity index (χ4n) is 13.8. The third-order valence-electron chi connectivity index (χ3n) is 17.3. The van der Waals surface area contributed by atoms with E-state index in [0.29, 0.717) is 0 Å². The van der Waals surface area contributed by atoms with Gasteiger partial charge in [0.1, 0.15) is 0 Å². The summed E-state index contributed by atoms with van der Waals surface area (Å²) >= 11 is 1.85. The van der Waals surface area contributed by atoms with E-state index in [1.165, 1.54) is 130 Å². The van der Waals surface area contributed by atoms with Gasteiger partial charge in [-0.15, -0.1) is 11.3 Å². The minimum atomic E-state index is -0.485. The number of pyridine rings is 1. The highest BCUT2D eigenvalue weighted by Gasteiger charge is 2.47. The molecule has 3 heteroatoms. The molecular formula is C76H46N2S. The maximum Gasteiger partial charge on any atom is 0.156 e. The molecule has 0 spiro atoms. The van der Waals surface area contributed by atoms with Crippen molar-refractivity contribution in [2.75, 3.05) is 0 Å². The summed E-state index contributed by atoms with van der Waals surface area (Å²) in [6.07, 6.45) is 0. The number of rotatable bonds is 6. The van der Waals surface area contributed by atoms with Gasteiger partial charge in [0.25, 0.3) is 0 Å². The van der Waals surface area contributed by atoms with E-state index in [2.05, 4.69) is 283 Å². The zero-order chi connectivity index (χ0) is 51.8. The van der Waals surface area contributed by atoms with Crippen LogP contribution in [0.25, 0.3) is 136 Å². The summed E-state index contributed by atoms with van der Waals surface area (Å²) in [5.41, 5.74) is 20.0. The van der Waals surface area contributed by atoms with Gasteiger partial charge < -0.3 is 0 Å². The summed E-state index contributed by atoms with van der Waals surface area (Å²) in [7, 11) is 0. The number of hydrogen-bond donors (Lipinski definition) is 0. The van der Waals surface area contributed by atoms with Crippen molar-refractivity contribution in [2.45, 2.75) is 5.41 Å². The van der Waals surface area contributed by atoms with Crippen LogP contribution in [0.2, 0.25) is 0 Å². The van der Waals surface area contributed by atoms with Crippen LogP contribution in [0.5, 0.6) is 0 Å². The van der Waals surface area contributed by atoms with Gasteiger partial charge in [0.2, 0.25) is 0 Å². The third kappa shape index (κ3) is 6.36. The monoisotopic (exact) mass is 1020 g/mol. The first-order valence-corrected chi connectivity index (χ1v) is 28.1. The lowest BCUT2D eigenvalue weighted by molar-refractivity contribution is 0.770. The fourth-order valence-corrected chi connectivity index (χ4v) is 15.0. The van der Waals surface area contributed by atoms with Gasteiger partial charge in [-0.3, -0.25) is 4.40 Å². The van der Waals surface area contributed by atoms with E-state index in [0.717, 1.165) is 27.9 Å². The Kier molecular flexibility index (Phi) is 9.54. The molecule has 1 aliphatic carbocycles. The first kappa shape index (κ1) is 44.2. The molecule has 16 aromatic rings. The van der Waals surface area contributed by atoms with Crippen LogP contribution in [0.15, 0.2) is 279 Å². The second-order valence-electron chi connectivity index (χ2n) is 21.2. The van der Waals surface area contributed by atoms with Crippen molar-refractivity contribution in [2.24, 2.45) is 0 Å². The molecule has 2 nitrogen and oxygen atoms in total. The molecule has 0 fully saturated rings. The van der Waals surface area contributed by atoms with Crippen LogP contribution in [-0.2, 0) is 5.41 Å². The van der Waals surface area contributed by atoms with Gasteiger partial charge in [0.05, 0.1) is 26.8 Å². The van der Waals surface area contributed by atoms with Gasteiger partial charge in [-0.1, -0.05) is 261 Å². The molecule has 13 aromatic carbocycles. The van der Waals surface area contributed by atoms with Gasteiger partial charge in [0, 0.05) is 20.9 Å². The highest BCUT2D eigenvalue weighted by Crippen LogP contribution is 2.59. The van der Waals surface area contributed by atoms with E-state index < -0.39 is 5.41 Å². The van der Waals surface area contributed by atoms with Crippen LogP contribution in [0.1, 0.15) is 22.3 Å². The van der Waals surface area contributed by atoms with E-state index in [9.17, 15) is 0 Å². The standard InChI is InChI=1S/C76H46N2S/c1-3-18-53(19-4-1)76(54-20-5-2-6-21-54)67-29-14-13-26-63(67)64-28-15-27-59(72(64)76)51-32-30-49(31-33-51)56-41-42-57(61-25-12-11-24-60(56)61)50-34-36-52(37-35-50)69-46-66-71-58-23-10-8-17-48(58)39-45-70(71)79-74(66)75-77-73-65-40-38-47-16-7-9-22-55(47)62(65)43-44-68(73)78(69)75/h1-46H. The lowest BCUT2D eigenvalue weighted by atomic mass is 9.66. The van der Waals surface area contributed by atoms with Crippen LogP contribution in [0.3, 0.4) is 0 Å². The molecular weight excluding hydrogens is 973 g/mol. The van der Waals surface area contributed by atoms with Crippen molar-refractivity contribution in [3.63, 3.8) is 0 Å². The molecule has 79 heavy (non-hydrogen) atoms. The number of aromatic nitrogens is 2. The third-order valence-corrected chi connectivity index (χ3v) is 18.5. The Labute approximate surface area is 460 Å². The van der Waals surface area contributed by atoms with Crippen molar-refractivity contribution in [3.8, 4) is 55.8 Å². The summed E-state index contributed by atoms with van der Waals surface area (Å²) in [4.78, 5) is 5.62. The normalized spacial score (nSPS) is 12.9. The SMILES string of the molecule is c1ccc(C2(c3ccccc3)c3ccccc3-c3cccc(-c4ccc(-c5ccc(-c6ccc(-c7cc8c(sc9ccc%10ccccc%10c98)c8nc9c%10ccc%11ccccc%11c%10ccc9n78)cc6)c6ccccc56)cc4)c32)cc1. The average Bonchev–Trinajstić information content (AvgIpc) is 4.42. The van der Waals surface area contributed by atoms with Crippen molar-refractivity contribution < 1.29 is 0 Å². The van der Waals surface area contributed by atoms with E-state index in [4.69, 9.17) is 4.98 Å². The number of nitrogens with zero attached hydrogens (tertiary/aromatic N) is 2. The van der Waals surface area contributed by atoms with Crippen molar-refractivity contribution in [1.82, 2.24) is 9.38 Å². The molecule has 17 rings (SSSR count). The lowest BCUT2D eigenvalue weighted by Crippen LogP contribution is -2.29. The Hall–Kier alpha value is -9.93. The van der Waals surface area contributed by atoms with Crippen LogP contribution < -0.4 is 0 Å². The predicted octanol–water partition coefficient (Wildman–Crippen LogP) is 20.5. The molecule has 3 heterocycles. The first-order valence-electron chi connectivity index (χ1n) is 27.3. The fraction of sp³-hybridized carbons (Fsp3) is 0.0132. The topological polar surface area (TPSA) is 17.3 Å². The molecule has 366 valence electrons. The molecule has 0 saturated carbocycles. The summed E-state index contributed by atoms with van der Waals surface area (Å²) in [5.74, 6) is 0. The van der Waals surface area contributed by atoms with Crippen molar-refractivity contribution in [3.05, 3.63) is 301 Å². The lowest BCUT2D eigenvalue weighted by Gasteiger charge is -2.35. The minimum Gasteiger partial charge on any atom is -0.291 e. The number of fused-ring (bicyclic) bond motifs is 17. The van der Waals surface area contributed by atoms with E-state index in [1.54, 1.807) is 0 Å². The summed E-state index contributed by atoms with van der Waals surface area (Å²) < 4.78 is 4.90. The molecule has 0 radical (unpaired) electrons. The predicted molar refractivity (Wildman–Crippen MR) is 335 cm³/mol. The van der Waals surface area contributed by atoms with Gasteiger partial charge in [-0.2, -0.15) is 0 Å². The second kappa shape index (κ2) is 17.0. The maximum absolute atomic E-state index is 5.62. The first-order chi connectivity index (χ1) is 39.2. The highest BCUT2D eigenvalue weighted by atomic mass is 32.1. The van der Waals surface area contributed by atoms with Crippen LogP contribution >= 0.6 is 11.3 Å². The zero-order valence-electron chi connectivity index (χ0n) is 42.9. The van der Waals surface area contributed by atoms with Gasteiger partial charge in [-0.05, 0) is 128 Å². The van der Waals surface area contributed by atoms with Crippen LogP contribution in [0, 0.1) is 0 Å². The smallest absolute Gasteiger partial charge is 0.156 e. The average molecular weight is 1020 g/mol. The molecule has 0 atom stereocenters. The number of hydrogen-bond acceptors (Lipinski definition) is 2. The molecule has 1 aliphatic rings. The number of benzene rings is 13. The Balaban J connectivity index is 0.783. The molecule has 0 unspecified atom stereocenters. The Morgan fingerprint density at radius 1 is 0.342 bits per heavy atom. The van der Waals surface area contributed by atoms with Crippen molar-refractivity contribution in [1.29, 1.82) is 0 Å². The van der Waals surface area contributed by atoms with Crippen LogP contribution in [0.4, 0.5) is 0 Å².